The number of hydrogen-bond donors (Lipinski definition) is 2. The Kier molecular flexibility index (Phi) is 3.83. The van der Waals surface area contributed by atoms with Crippen LogP contribution < -0.4 is 10.6 Å². The molecule has 0 amide bonds. The van der Waals surface area contributed by atoms with E-state index >= 15 is 0 Å². The molecule has 3 nitrogen and oxygen atoms in total. The smallest absolute Gasteiger partial charge is 0.127 e. The molecule has 2 heterocycles. The lowest BCUT2D eigenvalue weighted by Gasteiger charge is -2.09. The van der Waals surface area contributed by atoms with Gasteiger partial charge in [-0.05, 0) is 47.5 Å². The molecule has 0 radical (unpaired) electrons. The highest BCUT2D eigenvalue weighted by molar-refractivity contribution is 7.17. The number of fused-ring (bicyclic) bond motifs is 1. The van der Waals surface area contributed by atoms with Crippen molar-refractivity contribution in [1.29, 1.82) is 0 Å². The lowest BCUT2D eigenvalue weighted by Crippen LogP contribution is -2.02. The normalized spacial score (nSPS) is 10.7. The van der Waals surface area contributed by atoms with E-state index in [1.807, 2.05) is 18.3 Å². The van der Waals surface area contributed by atoms with Crippen LogP contribution in [0.15, 0.2) is 48.0 Å². The van der Waals surface area contributed by atoms with Gasteiger partial charge >= 0.3 is 0 Å². The third-order valence-corrected chi connectivity index (χ3v) is 3.96. The summed E-state index contributed by atoms with van der Waals surface area (Å²) < 4.78 is 1.32. The van der Waals surface area contributed by atoms with Gasteiger partial charge in [-0.2, -0.15) is 0 Å². The van der Waals surface area contributed by atoms with Crippen molar-refractivity contribution in [3.63, 3.8) is 0 Å². The first-order valence-electron chi connectivity index (χ1n) is 6.79. The molecule has 0 unspecified atom stereocenters. The number of rotatable bonds is 5. The van der Waals surface area contributed by atoms with Gasteiger partial charge in [0, 0.05) is 34.9 Å². The Hall–Kier alpha value is -2.07. The van der Waals surface area contributed by atoms with Crippen molar-refractivity contribution in [2.75, 3.05) is 17.2 Å². The fourth-order valence-corrected chi connectivity index (χ4v) is 2.84. The third-order valence-electron chi connectivity index (χ3n) is 3.06. The molecule has 3 aromatic rings. The summed E-state index contributed by atoms with van der Waals surface area (Å²) in [6.07, 6.45) is 2.91. The van der Waals surface area contributed by atoms with Gasteiger partial charge in [0.25, 0.3) is 0 Å². The lowest BCUT2D eigenvalue weighted by atomic mass is 10.2. The number of nitrogens with zero attached hydrogens (tertiary/aromatic N) is 1. The largest absolute Gasteiger partial charge is 0.370 e. The summed E-state index contributed by atoms with van der Waals surface area (Å²) in [5, 5.41) is 10.1. The zero-order valence-corrected chi connectivity index (χ0v) is 12.2. The maximum atomic E-state index is 4.31. The first-order chi connectivity index (χ1) is 9.85. The summed E-state index contributed by atoms with van der Waals surface area (Å²) in [6.45, 7) is 3.09. The number of nitrogens with one attached hydrogen (secondary N) is 2. The van der Waals surface area contributed by atoms with E-state index in [-0.39, 0.29) is 0 Å². The molecule has 3 rings (SSSR count). The maximum absolute atomic E-state index is 4.31. The molecule has 4 heteroatoms. The van der Waals surface area contributed by atoms with E-state index in [9.17, 15) is 0 Å². The molecule has 0 atom stereocenters. The van der Waals surface area contributed by atoms with E-state index in [1.165, 1.54) is 10.1 Å². The molecule has 0 fully saturated rings. The summed E-state index contributed by atoms with van der Waals surface area (Å²) in [4.78, 5) is 4.31. The van der Waals surface area contributed by atoms with E-state index in [0.29, 0.717) is 0 Å². The Morgan fingerprint density at radius 3 is 2.90 bits per heavy atom. The lowest BCUT2D eigenvalue weighted by molar-refractivity contribution is 0.969. The summed E-state index contributed by atoms with van der Waals surface area (Å²) in [6, 6.07) is 12.6. The Morgan fingerprint density at radius 2 is 2.00 bits per heavy atom. The Morgan fingerprint density at radius 1 is 1.10 bits per heavy atom. The summed E-state index contributed by atoms with van der Waals surface area (Å²) in [5.74, 6) is 0.911. The van der Waals surface area contributed by atoms with Crippen LogP contribution in [0.1, 0.15) is 13.3 Å². The highest BCUT2D eigenvalue weighted by Crippen LogP contribution is 2.26. The average molecular weight is 283 g/mol. The number of anilines is 3. The van der Waals surface area contributed by atoms with Crippen molar-refractivity contribution >= 4 is 38.6 Å². The monoisotopic (exact) mass is 283 g/mol. The predicted molar refractivity (Wildman–Crippen MR) is 88.1 cm³/mol. The average Bonchev–Trinajstić information content (AvgIpc) is 2.93. The van der Waals surface area contributed by atoms with E-state index in [2.05, 4.69) is 52.2 Å². The zero-order chi connectivity index (χ0) is 13.8. The van der Waals surface area contributed by atoms with Gasteiger partial charge in [-0.15, -0.1) is 11.3 Å². The van der Waals surface area contributed by atoms with Gasteiger partial charge in [-0.1, -0.05) is 6.92 Å². The number of pyridine rings is 1. The van der Waals surface area contributed by atoms with Crippen LogP contribution in [0.3, 0.4) is 0 Å². The number of benzene rings is 1. The number of thiophene rings is 1. The van der Waals surface area contributed by atoms with Crippen LogP contribution in [-0.2, 0) is 0 Å². The molecule has 0 aliphatic carbocycles. The summed E-state index contributed by atoms with van der Waals surface area (Å²) in [5.41, 5.74) is 2.15. The molecule has 20 heavy (non-hydrogen) atoms. The molecule has 0 spiro atoms. The topological polar surface area (TPSA) is 37.0 Å². The van der Waals surface area contributed by atoms with Gasteiger partial charge < -0.3 is 10.6 Å². The van der Waals surface area contributed by atoms with Crippen molar-refractivity contribution in [1.82, 2.24) is 4.98 Å². The second-order valence-electron chi connectivity index (χ2n) is 4.65. The molecule has 1 aromatic carbocycles. The van der Waals surface area contributed by atoms with Crippen LogP contribution in [0, 0.1) is 0 Å². The Labute approximate surface area is 122 Å². The van der Waals surface area contributed by atoms with Gasteiger partial charge in [-0.25, -0.2) is 4.98 Å². The van der Waals surface area contributed by atoms with Gasteiger partial charge in [-0.3, -0.25) is 0 Å². The third kappa shape index (κ3) is 2.91. The van der Waals surface area contributed by atoms with Gasteiger partial charge in [0.1, 0.15) is 5.82 Å². The first kappa shape index (κ1) is 12.9. The van der Waals surface area contributed by atoms with E-state index in [0.717, 1.165) is 30.2 Å². The zero-order valence-electron chi connectivity index (χ0n) is 11.4. The predicted octanol–water partition coefficient (Wildman–Crippen LogP) is 4.86. The molecule has 0 bridgehead atoms. The van der Waals surface area contributed by atoms with E-state index in [4.69, 9.17) is 0 Å². The number of aromatic nitrogens is 1. The highest BCUT2D eigenvalue weighted by atomic mass is 32.1. The van der Waals surface area contributed by atoms with Crippen LogP contribution >= 0.6 is 11.3 Å². The molecule has 2 aromatic heterocycles. The van der Waals surface area contributed by atoms with Gasteiger partial charge in [0.2, 0.25) is 0 Å². The van der Waals surface area contributed by atoms with Crippen molar-refractivity contribution in [2.45, 2.75) is 13.3 Å². The molecule has 0 saturated carbocycles. The van der Waals surface area contributed by atoms with E-state index < -0.39 is 0 Å². The van der Waals surface area contributed by atoms with Crippen molar-refractivity contribution in [2.24, 2.45) is 0 Å². The van der Waals surface area contributed by atoms with Crippen LogP contribution in [0.25, 0.3) is 10.1 Å². The fourth-order valence-electron chi connectivity index (χ4n) is 2.07. The minimum Gasteiger partial charge on any atom is -0.370 e. The quantitative estimate of drug-likeness (QED) is 0.702. The van der Waals surface area contributed by atoms with Crippen LogP contribution in [0.4, 0.5) is 17.2 Å². The molecular formula is C16H17N3S. The van der Waals surface area contributed by atoms with E-state index in [1.54, 1.807) is 11.3 Å². The standard InChI is InChI=1S/C16H17N3S/c1-2-7-17-16-11-14(5-8-18-16)19-13-3-4-15-12(10-13)6-9-20-15/h3-6,8-11H,2,7H2,1H3,(H2,17,18,19). The van der Waals surface area contributed by atoms with Crippen molar-refractivity contribution < 1.29 is 0 Å². The summed E-state index contributed by atoms with van der Waals surface area (Å²) in [7, 11) is 0. The minimum atomic E-state index is 0.911. The van der Waals surface area contributed by atoms with Crippen LogP contribution in [0.2, 0.25) is 0 Å². The second-order valence-corrected chi connectivity index (χ2v) is 5.60. The van der Waals surface area contributed by atoms with Crippen LogP contribution in [0.5, 0.6) is 0 Å². The molecule has 102 valence electrons. The fraction of sp³-hybridized carbons (Fsp3) is 0.188. The SMILES string of the molecule is CCCNc1cc(Nc2ccc3sccc3c2)ccn1. The second kappa shape index (κ2) is 5.92. The maximum Gasteiger partial charge on any atom is 0.127 e. The summed E-state index contributed by atoms with van der Waals surface area (Å²) >= 11 is 1.77. The molecule has 2 N–H and O–H groups in total. The molecular weight excluding hydrogens is 266 g/mol. The molecule has 0 aliphatic rings. The van der Waals surface area contributed by atoms with Gasteiger partial charge in [0.05, 0.1) is 0 Å². The first-order valence-corrected chi connectivity index (χ1v) is 7.67. The van der Waals surface area contributed by atoms with Gasteiger partial charge in [0.15, 0.2) is 0 Å². The Bertz CT molecular complexity index is 706. The Balaban J connectivity index is 1.79. The minimum absolute atomic E-state index is 0.911. The molecule has 0 aliphatic heterocycles. The van der Waals surface area contributed by atoms with Crippen LogP contribution in [-0.4, -0.2) is 11.5 Å². The van der Waals surface area contributed by atoms with Crippen molar-refractivity contribution in [3.05, 3.63) is 48.0 Å². The van der Waals surface area contributed by atoms with Crippen molar-refractivity contribution in [3.8, 4) is 0 Å². The highest BCUT2D eigenvalue weighted by Gasteiger charge is 2.00. The number of hydrogen-bond acceptors (Lipinski definition) is 4. The molecule has 0 saturated heterocycles.